The minimum atomic E-state index is -4.84. The van der Waals surface area contributed by atoms with Gasteiger partial charge in [0.25, 0.3) is 0 Å². The maximum absolute atomic E-state index is 13.9. The van der Waals surface area contributed by atoms with Crippen LogP contribution in [0.4, 0.5) is 33.9 Å². The van der Waals surface area contributed by atoms with Crippen molar-refractivity contribution in [2.45, 2.75) is 51.0 Å². The molecule has 0 saturated carbocycles. The molecular weight excluding hydrogens is 508 g/mol. The van der Waals surface area contributed by atoms with Gasteiger partial charge in [0.2, 0.25) is 11.6 Å². The van der Waals surface area contributed by atoms with Gasteiger partial charge in [0.15, 0.2) is 0 Å². The van der Waals surface area contributed by atoms with Crippen LogP contribution in [0, 0.1) is 12.4 Å². The van der Waals surface area contributed by atoms with E-state index in [-0.39, 0.29) is 31.2 Å². The summed E-state index contributed by atoms with van der Waals surface area (Å²) in [7, 11) is 0. The Morgan fingerprint density at radius 3 is 2.47 bits per heavy atom. The number of aromatic nitrogens is 1. The number of alkyl halides is 3. The van der Waals surface area contributed by atoms with Crippen molar-refractivity contribution >= 4 is 17.6 Å². The average molecular weight is 537 g/mol. The Bertz CT molecular complexity index is 1230. The fourth-order valence-corrected chi connectivity index (χ4v) is 4.51. The number of ether oxygens (including phenoxy) is 3. The standard InChI is InChI=1S/C26H28F4N4O4/c1-24(2,3)38-23(35)34-12-13-36-25(16-34)8-10-33(11-9-25)22-21(31-4)19(26(28,29)30)15-20(32-22)37-18-7-5-6-17(27)14-18/h5-7,14-15H,8-13,16H2,1-3H3. The lowest BCUT2D eigenvalue weighted by Crippen LogP contribution is -2.58. The minimum Gasteiger partial charge on any atom is -0.444 e. The first kappa shape index (κ1) is 27.4. The number of piperidine rings is 1. The number of morpholine rings is 1. The van der Waals surface area contributed by atoms with Crippen LogP contribution in [0.5, 0.6) is 11.6 Å². The maximum Gasteiger partial charge on any atom is 0.410 e. The molecule has 4 rings (SSSR count). The first-order chi connectivity index (χ1) is 17.8. The number of hydrogen-bond donors (Lipinski definition) is 0. The van der Waals surface area contributed by atoms with Gasteiger partial charge < -0.3 is 24.0 Å². The molecule has 0 aliphatic carbocycles. The van der Waals surface area contributed by atoms with Crippen molar-refractivity contribution < 1.29 is 36.6 Å². The Morgan fingerprint density at radius 1 is 1.16 bits per heavy atom. The number of halogens is 4. The van der Waals surface area contributed by atoms with Crippen LogP contribution in [0.25, 0.3) is 4.85 Å². The number of carbonyl (C=O) groups excluding carboxylic acids is 1. The van der Waals surface area contributed by atoms with Crippen molar-refractivity contribution in [3.8, 4) is 11.6 Å². The molecule has 8 nitrogen and oxygen atoms in total. The van der Waals surface area contributed by atoms with E-state index in [1.807, 2.05) is 0 Å². The van der Waals surface area contributed by atoms with Gasteiger partial charge in [0, 0.05) is 31.8 Å². The van der Waals surface area contributed by atoms with E-state index in [0.29, 0.717) is 32.1 Å². The zero-order chi connectivity index (χ0) is 27.7. The molecule has 0 unspecified atom stereocenters. The van der Waals surface area contributed by atoms with Crippen LogP contribution in [0.3, 0.4) is 0 Å². The molecule has 38 heavy (non-hydrogen) atoms. The second-order valence-electron chi connectivity index (χ2n) is 10.3. The average Bonchev–Trinajstić information content (AvgIpc) is 2.82. The molecule has 3 heterocycles. The highest BCUT2D eigenvalue weighted by molar-refractivity contribution is 5.73. The second kappa shape index (κ2) is 10.3. The predicted molar refractivity (Wildman–Crippen MR) is 130 cm³/mol. The van der Waals surface area contributed by atoms with Crippen molar-refractivity contribution in [2.75, 3.05) is 37.7 Å². The first-order valence-corrected chi connectivity index (χ1v) is 12.1. The number of pyridine rings is 1. The number of anilines is 1. The normalized spacial score (nSPS) is 17.7. The quantitative estimate of drug-likeness (QED) is 0.344. The van der Waals surface area contributed by atoms with E-state index < -0.39 is 46.4 Å². The highest BCUT2D eigenvalue weighted by Crippen LogP contribution is 2.45. The highest BCUT2D eigenvalue weighted by Gasteiger charge is 2.43. The van der Waals surface area contributed by atoms with E-state index in [1.54, 1.807) is 30.6 Å². The van der Waals surface area contributed by atoms with E-state index in [1.165, 1.54) is 18.2 Å². The van der Waals surface area contributed by atoms with Crippen LogP contribution in [-0.2, 0) is 15.7 Å². The van der Waals surface area contributed by atoms with Gasteiger partial charge in [-0.25, -0.2) is 19.0 Å². The summed E-state index contributed by atoms with van der Waals surface area (Å²) >= 11 is 0. The third kappa shape index (κ3) is 6.27. The third-order valence-electron chi connectivity index (χ3n) is 6.26. The summed E-state index contributed by atoms with van der Waals surface area (Å²) in [5.74, 6) is -1.22. The van der Waals surface area contributed by atoms with Crippen LogP contribution in [-0.4, -0.2) is 60.0 Å². The van der Waals surface area contributed by atoms with Crippen LogP contribution in [0.1, 0.15) is 39.2 Å². The van der Waals surface area contributed by atoms with Gasteiger partial charge in [-0.3, -0.25) is 0 Å². The molecule has 2 saturated heterocycles. The summed E-state index contributed by atoms with van der Waals surface area (Å²) in [6.07, 6.45) is -4.50. The Balaban J connectivity index is 1.58. The first-order valence-electron chi connectivity index (χ1n) is 12.1. The fourth-order valence-electron chi connectivity index (χ4n) is 4.51. The number of hydrogen-bond acceptors (Lipinski definition) is 6. The molecule has 2 aromatic rings. The molecule has 0 atom stereocenters. The largest absolute Gasteiger partial charge is 0.444 e. The van der Waals surface area contributed by atoms with E-state index in [0.717, 1.165) is 6.07 Å². The summed E-state index contributed by atoms with van der Waals surface area (Å²) < 4.78 is 72.3. The van der Waals surface area contributed by atoms with E-state index in [9.17, 15) is 22.4 Å². The number of carbonyl (C=O) groups is 1. The molecular formula is C26H28F4N4O4. The zero-order valence-corrected chi connectivity index (χ0v) is 21.3. The number of benzene rings is 1. The van der Waals surface area contributed by atoms with Crippen LogP contribution in [0.2, 0.25) is 0 Å². The van der Waals surface area contributed by atoms with Crippen LogP contribution < -0.4 is 9.64 Å². The monoisotopic (exact) mass is 536 g/mol. The molecule has 0 bridgehead atoms. The molecule has 0 N–H and O–H groups in total. The summed E-state index contributed by atoms with van der Waals surface area (Å²) in [4.78, 5) is 23.2. The molecule has 204 valence electrons. The Labute approximate surface area is 217 Å². The second-order valence-corrected chi connectivity index (χ2v) is 10.3. The third-order valence-corrected chi connectivity index (χ3v) is 6.26. The summed E-state index contributed by atoms with van der Waals surface area (Å²) in [6, 6.07) is 5.60. The molecule has 1 aromatic carbocycles. The molecule has 1 aromatic heterocycles. The molecule has 0 radical (unpaired) electrons. The number of amides is 1. The van der Waals surface area contributed by atoms with Gasteiger partial charge in [0.05, 0.1) is 30.9 Å². The van der Waals surface area contributed by atoms with Gasteiger partial charge >= 0.3 is 12.3 Å². The van der Waals surface area contributed by atoms with Gasteiger partial charge in [-0.1, -0.05) is 6.07 Å². The zero-order valence-electron chi connectivity index (χ0n) is 21.3. The number of rotatable bonds is 3. The van der Waals surface area contributed by atoms with Gasteiger partial charge in [-0.05, 0) is 45.7 Å². The molecule has 2 aliphatic heterocycles. The minimum absolute atomic E-state index is 0.0254. The highest BCUT2D eigenvalue weighted by atomic mass is 19.4. The summed E-state index contributed by atoms with van der Waals surface area (Å²) in [5.41, 5.74) is -3.16. The van der Waals surface area contributed by atoms with Crippen molar-refractivity contribution in [2.24, 2.45) is 0 Å². The molecule has 2 aliphatic rings. The van der Waals surface area contributed by atoms with Gasteiger partial charge in [-0.15, -0.1) is 0 Å². The predicted octanol–water partition coefficient (Wildman–Crippen LogP) is 6.19. The van der Waals surface area contributed by atoms with E-state index in [2.05, 4.69) is 9.83 Å². The Hall–Kier alpha value is -3.59. The summed E-state index contributed by atoms with van der Waals surface area (Å²) in [6.45, 7) is 14.2. The van der Waals surface area contributed by atoms with E-state index in [4.69, 9.17) is 20.8 Å². The van der Waals surface area contributed by atoms with Crippen molar-refractivity contribution in [3.05, 3.63) is 53.1 Å². The number of nitrogens with zero attached hydrogens (tertiary/aromatic N) is 4. The van der Waals surface area contributed by atoms with Crippen molar-refractivity contribution in [1.82, 2.24) is 9.88 Å². The lowest BCUT2D eigenvalue weighted by Gasteiger charge is -2.47. The fraction of sp³-hybridized carbons (Fsp3) is 0.500. The maximum atomic E-state index is 13.9. The van der Waals surface area contributed by atoms with Crippen LogP contribution >= 0.6 is 0 Å². The van der Waals surface area contributed by atoms with E-state index >= 15 is 0 Å². The lowest BCUT2D eigenvalue weighted by atomic mass is 9.89. The molecule has 12 heteroatoms. The Morgan fingerprint density at radius 2 is 1.87 bits per heavy atom. The van der Waals surface area contributed by atoms with Crippen molar-refractivity contribution in [3.63, 3.8) is 0 Å². The van der Waals surface area contributed by atoms with Crippen LogP contribution in [0.15, 0.2) is 30.3 Å². The summed E-state index contributed by atoms with van der Waals surface area (Å²) in [5, 5.41) is 0. The van der Waals surface area contributed by atoms with Gasteiger partial charge in [0.1, 0.15) is 23.0 Å². The molecule has 1 amide bonds. The van der Waals surface area contributed by atoms with Gasteiger partial charge in [-0.2, -0.15) is 13.2 Å². The smallest absolute Gasteiger partial charge is 0.410 e. The molecule has 2 fully saturated rings. The van der Waals surface area contributed by atoms with Crippen molar-refractivity contribution in [1.29, 1.82) is 0 Å². The Kier molecular flexibility index (Phi) is 7.43. The topological polar surface area (TPSA) is 68.5 Å². The SMILES string of the molecule is [C-]#[N+]c1c(C(F)(F)F)cc(Oc2cccc(F)c2)nc1N1CCC2(CC1)CN(C(=O)OC(C)(C)C)CCO2. The molecule has 1 spiro atoms. The lowest BCUT2D eigenvalue weighted by molar-refractivity contribution is -0.137.